The van der Waals surface area contributed by atoms with Crippen LogP contribution in [0.1, 0.15) is 5.82 Å². The topological polar surface area (TPSA) is 99.2 Å². The number of benzene rings is 1. The number of hydrogen-bond donors (Lipinski definition) is 2. The average molecular weight is 268 g/mol. The highest BCUT2D eigenvalue weighted by Gasteiger charge is 2.24. The summed E-state index contributed by atoms with van der Waals surface area (Å²) in [6.07, 6.45) is 1.30. The number of rotatable bonds is 4. The minimum atomic E-state index is -3.75. The van der Waals surface area contributed by atoms with E-state index in [1.54, 1.807) is 12.1 Å². The maximum absolute atomic E-state index is 12.2. The Hall–Kier alpha value is -1.93. The third-order valence-electron chi connectivity index (χ3n) is 2.39. The van der Waals surface area contributed by atoms with Gasteiger partial charge in [0.15, 0.2) is 0 Å². The SMILES string of the molecule is CN(Cc1ncn[nH]1)S(=O)(=O)c1ccccc1O. The van der Waals surface area contributed by atoms with E-state index in [4.69, 9.17) is 0 Å². The van der Waals surface area contributed by atoms with Crippen LogP contribution in [0.5, 0.6) is 5.75 Å². The van der Waals surface area contributed by atoms with Crippen molar-refractivity contribution in [3.8, 4) is 5.75 Å². The Labute approximate surface area is 104 Å². The molecular formula is C10H12N4O3S. The van der Waals surface area contributed by atoms with Crippen molar-refractivity contribution in [2.75, 3.05) is 7.05 Å². The van der Waals surface area contributed by atoms with Gasteiger partial charge in [-0.1, -0.05) is 12.1 Å². The van der Waals surface area contributed by atoms with Crippen molar-refractivity contribution in [3.05, 3.63) is 36.4 Å². The Bertz CT molecular complexity index is 624. The second-order valence-electron chi connectivity index (χ2n) is 3.66. The van der Waals surface area contributed by atoms with E-state index >= 15 is 0 Å². The maximum atomic E-state index is 12.2. The van der Waals surface area contributed by atoms with Crippen LogP contribution in [0.3, 0.4) is 0 Å². The summed E-state index contributed by atoms with van der Waals surface area (Å²) >= 11 is 0. The Balaban J connectivity index is 2.29. The Kier molecular flexibility index (Phi) is 3.30. The summed E-state index contributed by atoms with van der Waals surface area (Å²) in [6.45, 7) is 0.0522. The van der Waals surface area contributed by atoms with E-state index in [-0.39, 0.29) is 17.2 Å². The van der Waals surface area contributed by atoms with Gasteiger partial charge in [-0.15, -0.1) is 0 Å². The van der Waals surface area contributed by atoms with Crippen molar-refractivity contribution in [1.82, 2.24) is 19.5 Å². The van der Waals surface area contributed by atoms with E-state index in [1.807, 2.05) is 0 Å². The first-order valence-electron chi connectivity index (χ1n) is 5.10. The van der Waals surface area contributed by atoms with Gasteiger partial charge in [0.1, 0.15) is 22.8 Å². The Morgan fingerprint density at radius 2 is 2.11 bits per heavy atom. The van der Waals surface area contributed by atoms with E-state index in [2.05, 4.69) is 15.2 Å². The number of para-hydroxylation sites is 1. The lowest BCUT2D eigenvalue weighted by Crippen LogP contribution is -2.27. The molecule has 1 heterocycles. The predicted molar refractivity (Wildman–Crippen MR) is 63.1 cm³/mol. The molecule has 2 N–H and O–H groups in total. The first kappa shape index (κ1) is 12.5. The minimum Gasteiger partial charge on any atom is -0.507 e. The van der Waals surface area contributed by atoms with Gasteiger partial charge in [-0.05, 0) is 12.1 Å². The monoisotopic (exact) mass is 268 g/mol. The number of sulfonamides is 1. The lowest BCUT2D eigenvalue weighted by molar-refractivity contribution is 0.435. The molecule has 0 fully saturated rings. The molecule has 96 valence electrons. The molecule has 0 spiro atoms. The van der Waals surface area contributed by atoms with E-state index in [0.717, 1.165) is 4.31 Å². The molecule has 0 saturated carbocycles. The van der Waals surface area contributed by atoms with Gasteiger partial charge in [-0.25, -0.2) is 13.4 Å². The van der Waals surface area contributed by atoms with E-state index in [9.17, 15) is 13.5 Å². The van der Waals surface area contributed by atoms with Crippen LogP contribution in [0, 0.1) is 0 Å². The third-order valence-corrected chi connectivity index (χ3v) is 4.24. The molecule has 0 amide bonds. The normalized spacial score (nSPS) is 11.9. The number of H-pyrrole nitrogens is 1. The molecular weight excluding hydrogens is 256 g/mol. The molecule has 0 unspecified atom stereocenters. The number of aromatic hydroxyl groups is 1. The molecule has 8 heteroatoms. The van der Waals surface area contributed by atoms with E-state index in [1.165, 1.54) is 25.5 Å². The molecule has 0 bridgehead atoms. The zero-order valence-corrected chi connectivity index (χ0v) is 10.4. The smallest absolute Gasteiger partial charge is 0.246 e. The molecule has 7 nitrogen and oxygen atoms in total. The van der Waals surface area contributed by atoms with Gasteiger partial charge in [-0.2, -0.15) is 9.40 Å². The first-order valence-corrected chi connectivity index (χ1v) is 6.54. The van der Waals surface area contributed by atoms with Gasteiger partial charge in [0.05, 0.1) is 6.54 Å². The van der Waals surface area contributed by atoms with Gasteiger partial charge >= 0.3 is 0 Å². The number of aromatic nitrogens is 3. The third kappa shape index (κ3) is 2.34. The van der Waals surface area contributed by atoms with Gasteiger partial charge in [-0.3, -0.25) is 5.10 Å². The summed E-state index contributed by atoms with van der Waals surface area (Å²) in [5.74, 6) is 0.151. The van der Waals surface area contributed by atoms with Crippen LogP contribution < -0.4 is 0 Å². The molecule has 1 aromatic carbocycles. The zero-order chi connectivity index (χ0) is 13.2. The molecule has 18 heavy (non-hydrogen) atoms. The Morgan fingerprint density at radius 3 is 2.72 bits per heavy atom. The Morgan fingerprint density at radius 1 is 1.39 bits per heavy atom. The molecule has 0 aliphatic rings. The van der Waals surface area contributed by atoms with Crippen molar-refractivity contribution >= 4 is 10.0 Å². The predicted octanol–water partition coefficient (Wildman–Crippen LogP) is 0.331. The fraction of sp³-hybridized carbons (Fsp3) is 0.200. The fourth-order valence-corrected chi connectivity index (χ4v) is 2.66. The van der Waals surface area contributed by atoms with Crippen LogP contribution in [0.2, 0.25) is 0 Å². The van der Waals surface area contributed by atoms with Crippen LogP contribution in [-0.2, 0) is 16.6 Å². The second-order valence-corrected chi connectivity index (χ2v) is 5.67. The highest BCUT2D eigenvalue weighted by molar-refractivity contribution is 7.89. The number of hydrogen-bond acceptors (Lipinski definition) is 5. The molecule has 0 aliphatic heterocycles. The summed E-state index contributed by atoms with van der Waals surface area (Å²) in [6, 6.07) is 5.79. The molecule has 0 radical (unpaired) electrons. The highest BCUT2D eigenvalue weighted by atomic mass is 32.2. The number of nitrogens with one attached hydrogen (secondary N) is 1. The lowest BCUT2D eigenvalue weighted by Gasteiger charge is -2.16. The average Bonchev–Trinajstić information content (AvgIpc) is 2.82. The molecule has 0 atom stereocenters. The van der Waals surface area contributed by atoms with Crippen LogP contribution in [-0.4, -0.2) is 40.1 Å². The summed E-state index contributed by atoms with van der Waals surface area (Å²) in [4.78, 5) is 3.72. The van der Waals surface area contributed by atoms with Crippen molar-refractivity contribution < 1.29 is 13.5 Å². The molecule has 2 aromatic rings. The molecule has 2 rings (SSSR count). The van der Waals surface area contributed by atoms with Gasteiger partial charge < -0.3 is 5.11 Å². The van der Waals surface area contributed by atoms with Gasteiger partial charge in [0, 0.05) is 7.05 Å². The lowest BCUT2D eigenvalue weighted by atomic mass is 10.3. The zero-order valence-electron chi connectivity index (χ0n) is 9.61. The van der Waals surface area contributed by atoms with Crippen molar-refractivity contribution in [2.24, 2.45) is 0 Å². The van der Waals surface area contributed by atoms with Gasteiger partial charge in [0.2, 0.25) is 10.0 Å². The van der Waals surface area contributed by atoms with E-state index < -0.39 is 10.0 Å². The van der Waals surface area contributed by atoms with Crippen molar-refractivity contribution in [2.45, 2.75) is 11.4 Å². The van der Waals surface area contributed by atoms with Crippen LogP contribution in [0.4, 0.5) is 0 Å². The highest BCUT2D eigenvalue weighted by Crippen LogP contribution is 2.24. The summed E-state index contributed by atoms with van der Waals surface area (Å²) in [5.41, 5.74) is 0. The fourth-order valence-electron chi connectivity index (χ4n) is 1.45. The maximum Gasteiger partial charge on any atom is 0.246 e. The van der Waals surface area contributed by atoms with Gasteiger partial charge in [0.25, 0.3) is 0 Å². The van der Waals surface area contributed by atoms with Crippen molar-refractivity contribution in [1.29, 1.82) is 0 Å². The number of nitrogens with zero attached hydrogens (tertiary/aromatic N) is 3. The summed E-state index contributed by atoms with van der Waals surface area (Å²) in [7, 11) is -2.34. The minimum absolute atomic E-state index is 0.0522. The second kappa shape index (κ2) is 4.75. The first-order chi connectivity index (χ1) is 8.51. The standard InChI is InChI=1S/C10H12N4O3S/c1-14(6-10-11-7-12-13-10)18(16,17)9-5-3-2-4-8(9)15/h2-5,7,15H,6H2,1H3,(H,11,12,13). The van der Waals surface area contributed by atoms with E-state index in [0.29, 0.717) is 5.82 Å². The number of phenols is 1. The van der Waals surface area contributed by atoms with Crippen LogP contribution in [0.25, 0.3) is 0 Å². The molecule has 0 aliphatic carbocycles. The van der Waals surface area contributed by atoms with Crippen molar-refractivity contribution in [3.63, 3.8) is 0 Å². The molecule has 1 aromatic heterocycles. The molecule has 0 saturated heterocycles. The number of aromatic amines is 1. The summed E-state index contributed by atoms with van der Waals surface area (Å²) in [5, 5.41) is 15.8. The van der Waals surface area contributed by atoms with Crippen LogP contribution >= 0.6 is 0 Å². The number of phenolic OH excluding ortho intramolecular Hbond substituents is 1. The largest absolute Gasteiger partial charge is 0.507 e. The van der Waals surface area contributed by atoms with Crippen LogP contribution in [0.15, 0.2) is 35.5 Å². The quantitative estimate of drug-likeness (QED) is 0.832. The summed E-state index contributed by atoms with van der Waals surface area (Å²) < 4.78 is 25.5.